The van der Waals surface area contributed by atoms with Crippen LogP contribution in [0.4, 0.5) is 17.3 Å². The minimum Gasteiger partial charge on any atom is -0.324 e. The number of hydrogen-bond acceptors (Lipinski definition) is 4. The SMILES string of the molecule is Cc1cccc(Nc2nccc(C(=O)Nc3ccc(Cl)c(Cl)c3)n2)c1C. The lowest BCUT2D eigenvalue weighted by Crippen LogP contribution is -2.14. The third kappa shape index (κ3) is 4.12. The number of halogens is 2. The van der Waals surface area contributed by atoms with Crippen molar-refractivity contribution in [2.24, 2.45) is 0 Å². The van der Waals surface area contributed by atoms with Crippen molar-refractivity contribution in [3.8, 4) is 0 Å². The fourth-order valence-corrected chi connectivity index (χ4v) is 2.62. The van der Waals surface area contributed by atoms with E-state index in [0.717, 1.165) is 16.8 Å². The van der Waals surface area contributed by atoms with E-state index >= 15 is 0 Å². The largest absolute Gasteiger partial charge is 0.324 e. The zero-order valence-corrected chi connectivity index (χ0v) is 15.7. The molecular formula is C19H16Cl2N4O. The second kappa shape index (κ2) is 7.72. The molecule has 2 N–H and O–H groups in total. The number of rotatable bonds is 4. The fourth-order valence-electron chi connectivity index (χ4n) is 2.32. The zero-order valence-electron chi connectivity index (χ0n) is 14.2. The van der Waals surface area contributed by atoms with Crippen molar-refractivity contribution in [1.29, 1.82) is 0 Å². The van der Waals surface area contributed by atoms with Crippen LogP contribution in [0.15, 0.2) is 48.7 Å². The Kier molecular flexibility index (Phi) is 5.40. The first-order chi connectivity index (χ1) is 12.4. The molecule has 0 saturated heterocycles. The number of carbonyl (C=O) groups excluding carboxylic acids is 1. The number of hydrogen-bond donors (Lipinski definition) is 2. The van der Waals surface area contributed by atoms with Gasteiger partial charge in [0, 0.05) is 17.6 Å². The highest BCUT2D eigenvalue weighted by atomic mass is 35.5. The van der Waals surface area contributed by atoms with Gasteiger partial charge in [-0.2, -0.15) is 0 Å². The highest BCUT2D eigenvalue weighted by molar-refractivity contribution is 6.42. The van der Waals surface area contributed by atoms with Crippen molar-refractivity contribution >= 4 is 46.4 Å². The summed E-state index contributed by atoms with van der Waals surface area (Å²) in [5, 5.41) is 6.67. The van der Waals surface area contributed by atoms with E-state index in [0.29, 0.717) is 21.7 Å². The van der Waals surface area contributed by atoms with E-state index in [1.807, 2.05) is 32.0 Å². The van der Waals surface area contributed by atoms with Gasteiger partial charge >= 0.3 is 0 Å². The lowest BCUT2D eigenvalue weighted by molar-refractivity contribution is 0.102. The van der Waals surface area contributed by atoms with Gasteiger partial charge in [0.1, 0.15) is 5.69 Å². The molecule has 0 bridgehead atoms. The first kappa shape index (κ1) is 18.2. The Morgan fingerprint density at radius 2 is 1.85 bits per heavy atom. The number of benzene rings is 2. The van der Waals surface area contributed by atoms with Crippen molar-refractivity contribution in [3.63, 3.8) is 0 Å². The maximum atomic E-state index is 12.4. The number of carbonyl (C=O) groups is 1. The standard InChI is InChI=1S/C19H16Cl2N4O/c1-11-4-3-5-16(12(11)2)24-19-22-9-8-17(25-19)18(26)23-13-6-7-14(20)15(21)10-13/h3-10H,1-2H3,(H,23,26)(H,22,24,25). The number of nitrogens with one attached hydrogen (secondary N) is 2. The molecule has 26 heavy (non-hydrogen) atoms. The number of amides is 1. The predicted molar refractivity (Wildman–Crippen MR) is 106 cm³/mol. The van der Waals surface area contributed by atoms with E-state index in [-0.39, 0.29) is 11.6 Å². The molecule has 0 aliphatic carbocycles. The summed E-state index contributed by atoms with van der Waals surface area (Å²) in [6.45, 7) is 4.04. The van der Waals surface area contributed by atoms with Crippen LogP contribution in [0.2, 0.25) is 10.0 Å². The smallest absolute Gasteiger partial charge is 0.274 e. The molecule has 0 atom stereocenters. The molecule has 5 nitrogen and oxygen atoms in total. The van der Waals surface area contributed by atoms with Crippen LogP contribution in [-0.4, -0.2) is 15.9 Å². The lowest BCUT2D eigenvalue weighted by Gasteiger charge is -2.11. The topological polar surface area (TPSA) is 66.9 Å². The number of aromatic nitrogens is 2. The van der Waals surface area contributed by atoms with Crippen molar-refractivity contribution in [3.05, 3.63) is 75.5 Å². The van der Waals surface area contributed by atoms with Crippen LogP contribution in [0.3, 0.4) is 0 Å². The Labute approximate surface area is 161 Å². The predicted octanol–water partition coefficient (Wildman–Crippen LogP) is 5.40. The van der Waals surface area contributed by atoms with Gasteiger partial charge in [-0.05, 0) is 55.3 Å². The van der Waals surface area contributed by atoms with Crippen molar-refractivity contribution in [2.45, 2.75) is 13.8 Å². The van der Waals surface area contributed by atoms with E-state index in [9.17, 15) is 4.79 Å². The Morgan fingerprint density at radius 1 is 1.04 bits per heavy atom. The Bertz CT molecular complexity index is 976. The highest BCUT2D eigenvalue weighted by Crippen LogP contribution is 2.25. The fraction of sp³-hybridized carbons (Fsp3) is 0.105. The van der Waals surface area contributed by atoms with Crippen molar-refractivity contribution < 1.29 is 4.79 Å². The lowest BCUT2D eigenvalue weighted by atomic mass is 10.1. The Morgan fingerprint density at radius 3 is 2.62 bits per heavy atom. The average Bonchev–Trinajstić information content (AvgIpc) is 2.62. The van der Waals surface area contributed by atoms with Gasteiger partial charge in [0.25, 0.3) is 5.91 Å². The summed E-state index contributed by atoms with van der Waals surface area (Å²) in [5.41, 5.74) is 3.92. The highest BCUT2D eigenvalue weighted by Gasteiger charge is 2.11. The van der Waals surface area contributed by atoms with E-state index in [2.05, 4.69) is 20.6 Å². The van der Waals surface area contributed by atoms with Crippen LogP contribution in [0.1, 0.15) is 21.6 Å². The number of anilines is 3. The number of aryl methyl sites for hydroxylation is 1. The molecule has 0 aliphatic heterocycles. The number of nitrogens with zero attached hydrogens (tertiary/aromatic N) is 2. The molecule has 0 radical (unpaired) electrons. The van der Waals surface area contributed by atoms with Crippen LogP contribution >= 0.6 is 23.2 Å². The molecule has 0 unspecified atom stereocenters. The summed E-state index contributed by atoms with van der Waals surface area (Å²) >= 11 is 11.8. The van der Waals surface area contributed by atoms with Crippen LogP contribution < -0.4 is 10.6 Å². The quantitative estimate of drug-likeness (QED) is 0.629. The van der Waals surface area contributed by atoms with Gasteiger partial charge in [-0.3, -0.25) is 4.79 Å². The zero-order chi connectivity index (χ0) is 18.7. The average molecular weight is 387 g/mol. The first-order valence-corrected chi connectivity index (χ1v) is 8.62. The molecule has 3 rings (SSSR count). The Balaban J connectivity index is 1.79. The molecule has 0 fully saturated rings. The summed E-state index contributed by atoms with van der Waals surface area (Å²) in [6, 6.07) is 12.3. The van der Waals surface area contributed by atoms with E-state index in [1.54, 1.807) is 24.3 Å². The van der Waals surface area contributed by atoms with Gasteiger partial charge in [-0.1, -0.05) is 35.3 Å². The third-order valence-electron chi connectivity index (χ3n) is 3.92. The van der Waals surface area contributed by atoms with Gasteiger partial charge in [-0.25, -0.2) is 9.97 Å². The van der Waals surface area contributed by atoms with Crippen LogP contribution in [0, 0.1) is 13.8 Å². The summed E-state index contributed by atoms with van der Waals surface area (Å²) in [6.07, 6.45) is 1.53. The molecule has 2 aromatic carbocycles. The molecule has 1 aromatic heterocycles. The summed E-state index contributed by atoms with van der Waals surface area (Å²) in [5.74, 6) is -0.0182. The monoisotopic (exact) mass is 386 g/mol. The molecule has 1 amide bonds. The van der Waals surface area contributed by atoms with Crippen LogP contribution in [0.25, 0.3) is 0 Å². The summed E-state index contributed by atoms with van der Waals surface area (Å²) < 4.78 is 0. The van der Waals surface area contributed by atoms with Gasteiger partial charge in [-0.15, -0.1) is 0 Å². The summed E-state index contributed by atoms with van der Waals surface area (Å²) in [7, 11) is 0. The van der Waals surface area contributed by atoms with Gasteiger partial charge in [0.05, 0.1) is 10.0 Å². The van der Waals surface area contributed by atoms with Crippen LogP contribution in [-0.2, 0) is 0 Å². The molecule has 0 aliphatic rings. The minimum atomic E-state index is -0.366. The third-order valence-corrected chi connectivity index (χ3v) is 4.66. The Hall–Kier alpha value is -2.63. The molecule has 3 aromatic rings. The van der Waals surface area contributed by atoms with Gasteiger partial charge in [0.2, 0.25) is 5.95 Å². The molecule has 0 spiro atoms. The minimum absolute atomic E-state index is 0.235. The molecule has 132 valence electrons. The van der Waals surface area contributed by atoms with Crippen molar-refractivity contribution in [2.75, 3.05) is 10.6 Å². The van der Waals surface area contributed by atoms with Crippen LogP contribution in [0.5, 0.6) is 0 Å². The second-order valence-electron chi connectivity index (χ2n) is 5.72. The van der Waals surface area contributed by atoms with E-state index < -0.39 is 0 Å². The molecule has 0 saturated carbocycles. The second-order valence-corrected chi connectivity index (χ2v) is 6.54. The maximum Gasteiger partial charge on any atom is 0.274 e. The molecule has 7 heteroatoms. The van der Waals surface area contributed by atoms with Crippen molar-refractivity contribution in [1.82, 2.24) is 9.97 Å². The normalized spacial score (nSPS) is 10.5. The summed E-state index contributed by atoms with van der Waals surface area (Å²) in [4.78, 5) is 20.9. The van der Waals surface area contributed by atoms with E-state index in [1.165, 1.54) is 6.20 Å². The molecular weight excluding hydrogens is 371 g/mol. The van der Waals surface area contributed by atoms with E-state index in [4.69, 9.17) is 23.2 Å². The van der Waals surface area contributed by atoms with Gasteiger partial charge in [0.15, 0.2) is 0 Å². The first-order valence-electron chi connectivity index (χ1n) is 7.87. The van der Waals surface area contributed by atoms with Gasteiger partial charge < -0.3 is 10.6 Å². The maximum absolute atomic E-state index is 12.4. The molecule has 1 heterocycles.